The van der Waals surface area contributed by atoms with Crippen LogP contribution in [0.25, 0.3) is 0 Å². The summed E-state index contributed by atoms with van der Waals surface area (Å²) in [4.78, 5) is 1.37. The molecule has 2 N–H and O–H groups in total. The zero-order chi connectivity index (χ0) is 9.84. The molecular formula is C11H19NS. The van der Waals surface area contributed by atoms with Crippen molar-refractivity contribution in [3.8, 4) is 0 Å². The van der Waals surface area contributed by atoms with Crippen LogP contribution >= 0.6 is 11.3 Å². The predicted molar refractivity (Wildman–Crippen MR) is 60.1 cm³/mol. The van der Waals surface area contributed by atoms with Gasteiger partial charge in [0.2, 0.25) is 0 Å². The van der Waals surface area contributed by atoms with Gasteiger partial charge in [0, 0.05) is 10.9 Å². The van der Waals surface area contributed by atoms with Crippen molar-refractivity contribution in [1.29, 1.82) is 0 Å². The van der Waals surface area contributed by atoms with Crippen LogP contribution in [-0.4, -0.2) is 0 Å². The van der Waals surface area contributed by atoms with E-state index in [1.165, 1.54) is 23.3 Å². The molecule has 2 rings (SSSR count). The van der Waals surface area contributed by atoms with E-state index in [2.05, 4.69) is 18.4 Å². The minimum Gasteiger partial charge on any atom is -0.323 e. The van der Waals surface area contributed by atoms with Crippen LogP contribution in [0.3, 0.4) is 0 Å². The van der Waals surface area contributed by atoms with Crippen LogP contribution < -0.4 is 5.73 Å². The molecule has 1 nitrogen and oxygen atoms in total. The highest BCUT2D eigenvalue weighted by Gasteiger charge is 2.30. The van der Waals surface area contributed by atoms with E-state index in [9.17, 15) is 0 Å². The smallest absolute Gasteiger partial charge is 0.0418 e. The topological polar surface area (TPSA) is 26.0 Å². The number of hydrogen-bond acceptors (Lipinski definition) is 2. The van der Waals surface area contributed by atoms with E-state index in [4.69, 9.17) is 5.73 Å². The highest BCUT2D eigenvalue weighted by atomic mass is 32.1. The molecule has 1 unspecified atom stereocenters. The van der Waals surface area contributed by atoms with Crippen molar-refractivity contribution in [2.24, 2.45) is 11.7 Å². The van der Waals surface area contributed by atoms with Crippen LogP contribution in [0.2, 0.25) is 0 Å². The van der Waals surface area contributed by atoms with Crippen molar-refractivity contribution in [1.82, 2.24) is 0 Å². The van der Waals surface area contributed by atoms with Gasteiger partial charge in [0.25, 0.3) is 0 Å². The lowest BCUT2D eigenvalue weighted by atomic mass is 10.1. The monoisotopic (exact) mass is 197 g/mol. The van der Waals surface area contributed by atoms with Gasteiger partial charge in [-0.3, -0.25) is 0 Å². The molecule has 0 radical (unpaired) electrons. The highest BCUT2D eigenvalue weighted by molar-refractivity contribution is 7.10. The molecule has 2 heteroatoms. The minimum absolute atomic E-state index is 0.327. The van der Waals surface area contributed by atoms with E-state index in [-0.39, 0.29) is 0 Å². The summed E-state index contributed by atoms with van der Waals surface area (Å²) in [7, 11) is 0. The molecule has 1 aromatic heterocycles. The second-order valence-electron chi connectivity index (χ2n) is 3.39. The molecule has 1 fully saturated rings. The van der Waals surface area contributed by atoms with Gasteiger partial charge in [-0.15, -0.1) is 11.3 Å². The first kappa shape index (κ1) is 10.7. The van der Waals surface area contributed by atoms with Gasteiger partial charge in [-0.05, 0) is 42.7 Å². The Morgan fingerprint density at radius 1 is 1.46 bits per heavy atom. The normalized spacial score (nSPS) is 17.5. The van der Waals surface area contributed by atoms with Gasteiger partial charge in [-0.2, -0.15) is 0 Å². The Hall–Kier alpha value is -0.340. The number of thiophene rings is 1. The van der Waals surface area contributed by atoms with E-state index in [1.54, 1.807) is 11.3 Å². The van der Waals surface area contributed by atoms with Crippen LogP contribution in [0.1, 0.15) is 43.2 Å². The molecule has 0 bridgehead atoms. The summed E-state index contributed by atoms with van der Waals surface area (Å²) in [6.07, 6.45) is 2.66. The van der Waals surface area contributed by atoms with Crippen LogP contribution in [0, 0.1) is 12.8 Å². The fourth-order valence-corrected chi connectivity index (χ4v) is 2.31. The zero-order valence-corrected chi connectivity index (χ0v) is 9.53. The summed E-state index contributed by atoms with van der Waals surface area (Å²) in [5.41, 5.74) is 7.37. The Morgan fingerprint density at radius 3 is 2.46 bits per heavy atom. The minimum atomic E-state index is 0.327. The summed E-state index contributed by atoms with van der Waals surface area (Å²) in [5, 5.41) is 2.18. The van der Waals surface area contributed by atoms with Crippen LogP contribution in [0.15, 0.2) is 11.4 Å². The van der Waals surface area contributed by atoms with Gasteiger partial charge in [-0.25, -0.2) is 0 Å². The second-order valence-corrected chi connectivity index (χ2v) is 4.33. The molecule has 1 aromatic rings. The molecule has 13 heavy (non-hydrogen) atoms. The van der Waals surface area contributed by atoms with Crippen molar-refractivity contribution >= 4 is 11.3 Å². The summed E-state index contributed by atoms with van der Waals surface area (Å²) in [6, 6.07) is 2.54. The third-order valence-electron chi connectivity index (χ3n) is 2.21. The standard InChI is InChI=1S/C9H13NS.C2H6/c1-6-4-8(11-5-6)9(10)7-2-3-7;1-2/h4-5,7,9H,2-3,10H2,1H3;1-2H3. The zero-order valence-electron chi connectivity index (χ0n) is 8.71. The highest BCUT2D eigenvalue weighted by Crippen LogP contribution is 2.40. The molecule has 1 aliphatic carbocycles. The molecule has 0 spiro atoms. The van der Waals surface area contributed by atoms with Gasteiger partial charge < -0.3 is 5.73 Å². The van der Waals surface area contributed by atoms with E-state index < -0.39 is 0 Å². The van der Waals surface area contributed by atoms with Gasteiger partial charge >= 0.3 is 0 Å². The third-order valence-corrected chi connectivity index (χ3v) is 3.36. The van der Waals surface area contributed by atoms with E-state index in [0.29, 0.717) is 6.04 Å². The lowest BCUT2D eigenvalue weighted by molar-refractivity contribution is 0.644. The molecule has 1 saturated carbocycles. The fraction of sp³-hybridized carbons (Fsp3) is 0.636. The van der Waals surface area contributed by atoms with Gasteiger partial charge in [0.1, 0.15) is 0 Å². The van der Waals surface area contributed by atoms with Crippen molar-refractivity contribution < 1.29 is 0 Å². The largest absolute Gasteiger partial charge is 0.323 e. The quantitative estimate of drug-likeness (QED) is 0.771. The molecule has 0 aliphatic heterocycles. The van der Waals surface area contributed by atoms with Gasteiger partial charge in [0.05, 0.1) is 0 Å². The van der Waals surface area contributed by atoms with Gasteiger partial charge in [0.15, 0.2) is 0 Å². The van der Waals surface area contributed by atoms with Crippen LogP contribution in [-0.2, 0) is 0 Å². The molecule has 0 aromatic carbocycles. The Morgan fingerprint density at radius 2 is 2.08 bits per heavy atom. The van der Waals surface area contributed by atoms with E-state index in [0.717, 1.165) is 5.92 Å². The Balaban J connectivity index is 0.000000396. The number of hydrogen-bond donors (Lipinski definition) is 1. The Kier molecular flexibility index (Phi) is 3.94. The molecule has 0 amide bonds. The van der Waals surface area contributed by atoms with E-state index in [1.807, 2.05) is 13.8 Å². The summed E-state index contributed by atoms with van der Waals surface area (Å²) in [5.74, 6) is 0.785. The van der Waals surface area contributed by atoms with Gasteiger partial charge in [-0.1, -0.05) is 13.8 Å². The Bertz CT molecular complexity index is 250. The molecule has 1 atom stereocenters. The summed E-state index contributed by atoms with van der Waals surface area (Å²) in [6.45, 7) is 6.12. The average Bonchev–Trinajstić information content (AvgIpc) is 2.92. The SMILES string of the molecule is CC.Cc1csc(C(N)C2CC2)c1. The maximum absolute atomic E-state index is 6.02. The molecular weight excluding hydrogens is 178 g/mol. The predicted octanol–water partition coefficient (Wildman–Crippen LogP) is 3.49. The summed E-state index contributed by atoms with van der Waals surface area (Å²) < 4.78 is 0. The van der Waals surface area contributed by atoms with Crippen molar-refractivity contribution in [3.63, 3.8) is 0 Å². The van der Waals surface area contributed by atoms with Crippen molar-refractivity contribution in [2.45, 2.75) is 39.7 Å². The molecule has 74 valence electrons. The summed E-state index contributed by atoms with van der Waals surface area (Å²) >= 11 is 1.80. The van der Waals surface area contributed by atoms with Crippen LogP contribution in [0.4, 0.5) is 0 Å². The lowest BCUT2D eigenvalue weighted by Gasteiger charge is -2.05. The first-order chi connectivity index (χ1) is 6.27. The third kappa shape index (κ3) is 2.82. The molecule has 1 heterocycles. The van der Waals surface area contributed by atoms with Crippen molar-refractivity contribution in [2.75, 3.05) is 0 Å². The number of nitrogens with two attached hydrogens (primary N) is 1. The van der Waals surface area contributed by atoms with Crippen molar-refractivity contribution in [3.05, 3.63) is 21.9 Å². The maximum atomic E-state index is 6.02. The Labute approximate surface area is 85.0 Å². The maximum Gasteiger partial charge on any atom is 0.0418 e. The van der Waals surface area contributed by atoms with E-state index >= 15 is 0 Å². The van der Waals surface area contributed by atoms with Crippen LogP contribution in [0.5, 0.6) is 0 Å². The molecule has 1 aliphatic rings. The first-order valence-corrected chi connectivity index (χ1v) is 5.96. The number of rotatable bonds is 2. The number of aryl methyl sites for hydroxylation is 1. The molecule has 0 saturated heterocycles. The average molecular weight is 197 g/mol. The second kappa shape index (κ2) is 4.77. The lowest BCUT2D eigenvalue weighted by Crippen LogP contribution is -2.10. The first-order valence-electron chi connectivity index (χ1n) is 5.08. The fourth-order valence-electron chi connectivity index (χ4n) is 1.32.